The van der Waals surface area contributed by atoms with E-state index in [-0.39, 0.29) is 42.8 Å². The number of phenols is 1. The van der Waals surface area contributed by atoms with E-state index in [1.165, 1.54) is 0 Å². The third-order valence-corrected chi connectivity index (χ3v) is 7.26. The molecular formula is C27H31N3O7. The molecule has 1 amide bonds. The van der Waals surface area contributed by atoms with Crippen molar-refractivity contribution in [1.29, 1.82) is 0 Å². The summed E-state index contributed by atoms with van der Waals surface area (Å²) >= 11 is 0. The van der Waals surface area contributed by atoms with Crippen molar-refractivity contribution >= 4 is 17.5 Å². The lowest BCUT2D eigenvalue weighted by Crippen LogP contribution is -2.54. The molecule has 6 N–H and O–H groups in total. The van der Waals surface area contributed by atoms with Crippen LogP contribution in [-0.2, 0) is 22.6 Å². The Morgan fingerprint density at radius 2 is 1.97 bits per heavy atom. The van der Waals surface area contributed by atoms with Crippen molar-refractivity contribution in [1.82, 2.24) is 9.88 Å². The number of pyridine rings is 1. The number of fused-ring (bicyclic) bond motifs is 2. The number of rotatable bonds is 8. The number of hydrogen-bond acceptors (Lipinski definition) is 9. The summed E-state index contributed by atoms with van der Waals surface area (Å²) in [7, 11) is 3.64. The highest BCUT2D eigenvalue weighted by atomic mass is 16.3. The zero-order chi connectivity index (χ0) is 27.1. The van der Waals surface area contributed by atoms with E-state index in [0.717, 1.165) is 0 Å². The number of Topliss-reactive ketones (excluding diaryl/α,β-unsaturated/α-hetero) is 2. The van der Waals surface area contributed by atoms with Crippen LogP contribution < -0.4 is 5.73 Å². The zero-order valence-electron chi connectivity index (χ0n) is 20.8. The predicted molar refractivity (Wildman–Crippen MR) is 133 cm³/mol. The summed E-state index contributed by atoms with van der Waals surface area (Å²) in [6.45, 7) is -0.0646. The molecule has 2 aromatic rings. The number of aliphatic hydroxyl groups excluding tert-OH is 2. The summed E-state index contributed by atoms with van der Waals surface area (Å²) in [5.41, 5.74) is 4.74. The summed E-state index contributed by atoms with van der Waals surface area (Å²) in [6, 6.07) is 7.19. The molecule has 2 aliphatic carbocycles. The molecule has 0 saturated carbocycles. The first kappa shape index (κ1) is 26.5. The van der Waals surface area contributed by atoms with Gasteiger partial charge in [0.2, 0.25) is 5.91 Å². The molecule has 1 heterocycles. The van der Waals surface area contributed by atoms with Gasteiger partial charge in [0.05, 0.1) is 17.7 Å². The highest BCUT2D eigenvalue weighted by Crippen LogP contribution is 2.50. The number of amides is 1. The number of allylic oxidation sites excluding steroid dienone is 1. The molecule has 0 unspecified atom stereocenters. The van der Waals surface area contributed by atoms with Crippen molar-refractivity contribution in [3.8, 4) is 17.0 Å². The van der Waals surface area contributed by atoms with E-state index in [2.05, 4.69) is 4.98 Å². The summed E-state index contributed by atoms with van der Waals surface area (Å²) in [5.74, 6) is -5.37. The average molecular weight is 510 g/mol. The van der Waals surface area contributed by atoms with Gasteiger partial charge in [-0.2, -0.15) is 0 Å². The van der Waals surface area contributed by atoms with Gasteiger partial charge in [0, 0.05) is 42.0 Å². The molecule has 0 spiro atoms. The monoisotopic (exact) mass is 509 g/mol. The SMILES string of the molecule is CN(C)Cc1cc(-c2ccccn2)c2c(c1O)C(=O)C1=C(O)[C@](O)(C(=O)CC(N)=O)[C@H](CCO)C[C@@H]1C2. The van der Waals surface area contributed by atoms with Gasteiger partial charge < -0.3 is 31.1 Å². The van der Waals surface area contributed by atoms with Gasteiger partial charge in [0.15, 0.2) is 17.2 Å². The number of phenolic OH excluding ortho intramolecular Hbond substituents is 1. The molecule has 3 atom stereocenters. The first-order valence-corrected chi connectivity index (χ1v) is 12.1. The first-order valence-electron chi connectivity index (χ1n) is 12.1. The van der Waals surface area contributed by atoms with Crippen LogP contribution in [0.5, 0.6) is 5.75 Å². The Hall–Kier alpha value is -3.60. The molecular weight excluding hydrogens is 478 g/mol. The highest BCUT2D eigenvalue weighted by Gasteiger charge is 2.55. The molecule has 37 heavy (non-hydrogen) atoms. The van der Waals surface area contributed by atoms with E-state index in [4.69, 9.17) is 5.73 Å². The molecule has 1 aromatic carbocycles. The van der Waals surface area contributed by atoms with Crippen molar-refractivity contribution in [3.63, 3.8) is 0 Å². The van der Waals surface area contributed by atoms with E-state index in [1.54, 1.807) is 24.4 Å². The number of aromatic hydroxyl groups is 1. The normalized spacial score (nSPS) is 23.1. The highest BCUT2D eigenvalue weighted by molar-refractivity contribution is 6.15. The lowest BCUT2D eigenvalue weighted by Gasteiger charge is -2.44. The Morgan fingerprint density at radius 3 is 2.57 bits per heavy atom. The topological polar surface area (TPSA) is 174 Å². The number of hydrogen-bond donors (Lipinski definition) is 5. The quantitative estimate of drug-likeness (QED) is 0.328. The molecule has 10 nitrogen and oxygen atoms in total. The van der Waals surface area contributed by atoms with Crippen LogP contribution in [0, 0.1) is 11.8 Å². The summed E-state index contributed by atoms with van der Waals surface area (Å²) in [6.07, 6.45) is 1.06. The maximum atomic E-state index is 13.9. The Bertz CT molecular complexity index is 1290. The minimum absolute atomic E-state index is 0.0110. The Labute approximate surface area is 214 Å². The van der Waals surface area contributed by atoms with Gasteiger partial charge in [-0.05, 0) is 63.0 Å². The largest absolute Gasteiger partial charge is 0.508 e. The van der Waals surface area contributed by atoms with Gasteiger partial charge in [0.25, 0.3) is 0 Å². The lowest BCUT2D eigenvalue weighted by atomic mass is 9.62. The fraction of sp³-hybridized carbons (Fsp3) is 0.407. The van der Waals surface area contributed by atoms with Crippen molar-refractivity contribution in [3.05, 3.63) is 58.5 Å². The van der Waals surface area contributed by atoms with Gasteiger partial charge in [-0.15, -0.1) is 0 Å². The molecule has 0 radical (unpaired) electrons. The number of ketones is 2. The van der Waals surface area contributed by atoms with E-state index < -0.39 is 47.1 Å². The van der Waals surface area contributed by atoms with E-state index in [1.807, 2.05) is 25.1 Å². The van der Waals surface area contributed by atoms with Crippen LogP contribution in [0.2, 0.25) is 0 Å². The molecule has 1 aromatic heterocycles. The maximum absolute atomic E-state index is 13.9. The molecule has 0 bridgehead atoms. The third kappa shape index (κ3) is 4.52. The van der Waals surface area contributed by atoms with Crippen LogP contribution in [0.3, 0.4) is 0 Å². The number of nitrogens with two attached hydrogens (primary N) is 1. The van der Waals surface area contributed by atoms with Crippen molar-refractivity contribution in [2.24, 2.45) is 17.6 Å². The number of nitrogens with zero attached hydrogens (tertiary/aromatic N) is 2. The summed E-state index contributed by atoms with van der Waals surface area (Å²) < 4.78 is 0. The number of benzene rings is 1. The van der Waals surface area contributed by atoms with Crippen LogP contribution in [0.4, 0.5) is 0 Å². The minimum Gasteiger partial charge on any atom is -0.508 e. The molecule has 4 rings (SSSR count). The fourth-order valence-corrected chi connectivity index (χ4v) is 5.65. The fourth-order valence-electron chi connectivity index (χ4n) is 5.65. The molecule has 2 aliphatic rings. The zero-order valence-corrected chi connectivity index (χ0v) is 20.8. The Morgan fingerprint density at radius 1 is 1.24 bits per heavy atom. The maximum Gasteiger partial charge on any atom is 0.225 e. The van der Waals surface area contributed by atoms with E-state index >= 15 is 0 Å². The van der Waals surface area contributed by atoms with Crippen LogP contribution in [0.25, 0.3) is 11.3 Å². The number of aliphatic hydroxyl groups is 3. The second-order valence-electron chi connectivity index (χ2n) is 10.0. The van der Waals surface area contributed by atoms with Gasteiger partial charge in [-0.25, -0.2) is 0 Å². The van der Waals surface area contributed by atoms with E-state index in [0.29, 0.717) is 28.9 Å². The molecule has 196 valence electrons. The molecule has 0 saturated heterocycles. The smallest absolute Gasteiger partial charge is 0.225 e. The lowest BCUT2D eigenvalue weighted by molar-refractivity contribution is -0.147. The number of carbonyl (C=O) groups is 3. The van der Waals surface area contributed by atoms with Crippen molar-refractivity contribution in [2.75, 3.05) is 20.7 Å². The van der Waals surface area contributed by atoms with Crippen LogP contribution >= 0.6 is 0 Å². The van der Waals surface area contributed by atoms with E-state index in [9.17, 15) is 34.8 Å². The van der Waals surface area contributed by atoms with Crippen LogP contribution in [-0.4, -0.2) is 74.1 Å². The number of aromatic nitrogens is 1. The van der Waals surface area contributed by atoms with Crippen molar-refractivity contribution < 1.29 is 34.8 Å². The van der Waals surface area contributed by atoms with Crippen LogP contribution in [0.1, 0.15) is 40.7 Å². The second-order valence-corrected chi connectivity index (χ2v) is 10.0. The van der Waals surface area contributed by atoms with Gasteiger partial charge in [-0.3, -0.25) is 19.4 Å². The standard InChI is InChI=1S/C27H31N3O7/c1-30(2)13-15-11-17(19-5-3-4-7-29-19)18-10-14-9-16(6-8-31)27(37,20(32)12-21(28)33)26(36)22(14)25(35)23(18)24(15)34/h3-5,7,11,14,16,31,34,36-37H,6,8-10,12-13H2,1-2H3,(H2,28,33)/t14-,16-,27-/m1/s1. The third-order valence-electron chi connectivity index (χ3n) is 7.26. The van der Waals surface area contributed by atoms with Gasteiger partial charge >= 0.3 is 0 Å². The molecule has 0 aliphatic heterocycles. The van der Waals surface area contributed by atoms with Crippen molar-refractivity contribution in [2.45, 2.75) is 37.8 Å². The Balaban J connectivity index is 1.95. The Kier molecular flexibility index (Phi) is 7.18. The minimum atomic E-state index is -2.56. The summed E-state index contributed by atoms with van der Waals surface area (Å²) in [4.78, 5) is 44.6. The molecule has 0 fully saturated rings. The molecule has 10 heteroatoms. The number of primary amides is 1. The number of carbonyl (C=O) groups excluding carboxylic acids is 3. The van der Waals surface area contributed by atoms with Gasteiger partial charge in [-0.1, -0.05) is 6.07 Å². The second kappa shape index (κ2) is 10.0. The first-order chi connectivity index (χ1) is 17.5. The van der Waals surface area contributed by atoms with Crippen LogP contribution in [0.15, 0.2) is 41.8 Å². The van der Waals surface area contributed by atoms with Gasteiger partial charge in [0.1, 0.15) is 11.5 Å². The predicted octanol–water partition coefficient (Wildman–Crippen LogP) is 1.26. The summed E-state index contributed by atoms with van der Waals surface area (Å²) in [5, 5.41) is 43.5. The average Bonchev–Trinajstić information content (AvgIpc) is 2.83.